The highest BCUT2D eigenvalue weighted by atomic mass is 16.4. The Hall–Kier alpha value is -1.50. The van der Waals surface area contributed by atoms with Crippen LogP contribution in [0.25, 0.3) is 0 Å². The molecule has 0 bridgehead atoms. The third-order valence-electron chi connectivity index (χ3n) is 5.11. The number of quaternary nitrogens is 1. The molecule has 3 N–H and O–H groups in total. The fourth-order valence-electron chi connectivity index (χ4n) is 3.65. The van der Waals surface area contributed by atoms with Crippen LogP contribution in [0.3, 0.4) is 0 Å². The van der Waals surface area contributed by atoms with Crippen LogP contribution in [0.15, 0.2) is 24.3 Å². The first-order valence-corrected chi connectivity index (χ1v) is 11.8. The topological polar surface area (TPSA) is 94.8 Å². The fraction of sp³-hybridized carbons (Fsp3) is 0.760. The van der Waals surface area contributed by atoms with Crippen LogP contribution in [0.5, 0.6) is 0 Å². The summed E-state index contributed by atoms with van der Waals surface area (Å²) in [5.74, 6) is -1.50. The standard InChI is InChI=1S/C25H45NO5/c1-26(2,3)22-25(31,21-24(29)30)23(28)19-17-15-13-11-9-7-5-4-6-8-10-12-14-16-18-20-27/h4-5,8,10,27,31H,6-7,9,11-22H2,1-3H3/p+1/b5-4-,10-8-. The number of rotatable bonds is 20. The molecule has 0 radical (unpaired) electrons. The molecule has 0 aromatic rings. The monoisotopic (exact) mass is 440 g/mol. The number of hydrogen-bond acceptors (Lipinski definition) is 4. The molecule has 0 fully saturated rings. The van der Waals surface area contributed by atoms with Gasteiger partial charge in [-0.3, -0.25) is 9.59 Å². The Morgan fingerprint density at radius 2 is 1.32 bits per heavy atom. The second kappa shape index (κ2) is 17.1. The normalized spacial score (nSPS) is 14.4. The molecule has 0 heterocycles. The van der Waals surface area contributed by atoms with Gasteiger partial charge in [-0.15, -0.1) is 0 Å². The Morgan fingerprint density at radius 3 is 1.84 bits per heavy atom. The highest BCUT2D eigenvalue weighted by Crippen LogP contribution is 2.20. The number of unbranched alkanes of at least 4 members (excludes halogenated alkanes) is 8. The summed E-state index contributed by atoms with van der Waals surface area (Å²) in [5, 5.41) is 28.4. The molecule has 0 aromatic carbocycles. The summed E-state index contributed by atoms with van der Waals surface area (Å²) in [6.07, 6.45) is 19.6. The van der Waals surface area contributed by atoms with E-state index in [2.05, 4.69) is 24.3 Å². The number of hydrogen-bond donors (Lipinski definition) is 3. The molecule has 1 unspecified atom stereocenters. The second-order valence-electron chi connectivity index (χ2n) is 9.53. The lowest BCUT2D eigenvalue weighted by atomic mass is 9.89. The van der Waals surface area contributed by atoms with Crippen molar-refractivity contribution in [2.24, 2.45) is 0 Å². The number of aliphatic carboxylic acids is 1. The number of carboxylic acid groups (broad SMARTS) is 1. The average Bonchev–Trinajstić information content (AvgIpc) is 2.65. The molecule has 0 aliphatic heterocycles. The lowest BCUT2D eigenvalue weighted by molar-refractivity contribution is -0.875. The fourth-order valence-corrected chi connectivity index (χ4v) is 3.65. The van der Waals surface area contributed by atoms with E-state index in [0.717, 1.165) is 64.2 Å². The van der Waals surface area contributed by atoms with Crippen LogP contribution in [-0.2, 0) is 9.59 Å². The van der Waals surface area contributed by atoms with E-state index in [9.17, 15) is 14.7 Å². The molecule has 0 saturated heterocycles. The predicted octanol–water partition coefficient (Wildman–Crippen LogP) is 4.25. The minimum absolute atomic E-state index is 0.101. The number of carbonyl (C=O) groups is 2. The van der Waals surface area contributed by atoms with Gasteiger partial charge in [0, 0.05) is 13.0 Å². The molecule has 0 rings (SSSR count). The molecule has 31 heavy (non-hydrogen) atoms. The van der Waals surface area contributed by atoms with E-state index >= 15 is 0 Å². The maximum atomic E-state index is 12.5. The van der Waals surface area contributed by atoms with E-state index in [1.165, 1.54) is 0 Å². The van der Waals surface area contributed by atoms with Gasteiger partial charge in [-0.05, 0) is 44.9 Å². The molecule has 0 saturated carbocycles. The van der Waals surface area contributed by atoms with Gasteiger partial charge in [-0.2, -0.15) is 0 Å². The summed E-state index contributed by atoms with van der Waals surface area (Å²) in [4.78, 5) is 23.6. The van der Waals surface area contributed by atoms with Crippen LogP contribution in [-0.4, -0.2) is 71.5 Å². The number of aliphatic hydroxyl groups is 2. The summed E-state index contributed by atoms with van der Waals surface area (Å²) in [7, 11) is 5.52. The van der Waals surface area contributed by atoms with Crippen molar-refractivity contribution >= 4 is 11.8 Å². The van der Waals surface area contributed by atoms with Gasteiger partial charge in [-0.25, -0.2) is 0 Å². The Labute approximate surface area is 189 Å². The van der Waals surface area contributed by atoms with Crippen molar-refractivity contribution in [1.82, 2.24) is 0 Å². The van der Waals surface area contributed by atoms with E-state index in [0.29, 0.717) is 10.9 Å². The third kappa shape index (κ3) is 17.8. The van der Waals surface area contributed by atoms with E-state index < -0.39 is 18.0 Å². The highest BCUT2D eigenvalue weighted by molar-refractivity contribution is 5.90. The summed E-state index contributed by atoms with van der Waals surface area (Å²) in [6, 6.07) is 0. The molecule has 0 aromatic heterocycles. The van der Waals surface area contributed by atoms with Gasteiger partial charge in [0.25, 0.3) is 0 Å². The van der Waals surface area contributed by atoms with E-state index in [1.807, 2.05) is 21.1 Å². The molecule has 0 aliphatic carbocycles. The summed E-state index contributed by atoms with van der Waals surface area (Å²) < 4.78 is 0.337. The minimum atomic E-state index is -1.79. The number of carboxylic acids is 1. The number of likely N-dealkylation sites (N-methyl/N-ethyl adjacent to an activating group) is 1. The Kier molecular flexibility index (Phi) is 16.3. The summed E-state index contributed by atoms with van der Waals surface area (Å²) >= 11 is 0. The first kappa shape index (κ1) is 29.5. The Morgan fingerprint density at radius 1 is 0.806 bits per heavy atom. The van der Waals surface area contributed by atoms with Gasteiger partial charge in [0.1, 0.15) is 6.54 Å². The quantitative estimate of drug-likeness (QED) is 0.149. The van der Waals surface area contributed by atoms with Crippen LogP contribution < -0.4 is 0 Å². The largest absolute Gasteiger partial charge is 0.481 e. The summed E-state index contributed by atoms with van der Waals surface area (Å²) in [6.45, 7) is 0.390. The molecule has 6 heteroatoms. The average molecular weight is 441 g/mol. The molecule has 0 aliphatic rings. The Bertz CT molecular complexity index is 551. The summed E-state index contributed by atoms with van der Waals surface area (Å²) in [5.41, 5.74) is -1.79. The molecular weight excluding hydrogens is 394 g/mol. The smallest absolute Gasteiger partial charge is 0.306 e. The number of allylic oxidation sites excluding steroid dienone is 4. The molecule has 0 amide bonds. The van der Waals surface area contributed by atoms with Crippen LogP contribution in [0.4, 0.5) is 0 Å². The van der Waals surface area contributed by atoms with Crippen molar-refractivity contribution in [1.29, 1.82) is 0 Å². The van der Waals surface area contributed by atoms with Crippen molar-refractivity contribution in [3.63, 3.8) is 0 Å². The zero-order valence-corrected chi connectivity index (χ0v) is 20.0. The maximum Gasteiger partial charge on any atom is 0.306 e. The van der Waals surface area contributed by atoms with Gasteiger partial charge in [0.15, 0.2) is 11.4 Å². The number of carbonyl (C=O) groups excluding carboxylic acids is 1. The third-order valence-corrected chi connectivity index (χ3v) is 5.11. The SMILES string of the molecule is C[N+](C)(C)CC(O)(CC(=O)O)C(=O)CCCCCCC/C=C\C/C=C\CCCCCO. The Balaban J connectivity index is 3.88. The van der Waals surface area contributed by atoms with Crippen molar-refractivity contribution in [2.75, 3.05) is 34.3 Å². The van der Waals surface area contributed by atoms with Crippen LogP contribution in [0, 0.1) is 0 Å². The van der Waals surface area contributed by atoms with Gasteiger partial charge >= 0.3 is 5.97 Å². The lowest BCUT2D eigenvalue weighted by Gasteiger charge is -2.33. The van der Waals surface area contributed by atoms with Gasteiger partial charge in [0.05, 0.1) is 27.6 Å². The predicted molar refractivity (Wildman–Crippen MR) is 126 cm³/mol. The molecule has 6 nitrogen and oxygen atoms in total. The van der Waals surface area contributed by atoms with Crippen LogP contribution in [0.2, 0.25) is 0 Å². The molecular formula is C25H46NO5+. The lowest BCUT2D eigenvalue weighted by Crippen LogP contribution is -2.54. The van der Waals surface area contributed by atoms with Gasteiger partial charge in [0.2, 0.25) is 0 Å². The highest BCUT2D eigenvalue weighted by Gasteiger charge is 2.42. The second-order valence-corrected chi connectivity index (χ2v) is 9.53. The first-order chi connectivity index (χ1) is 14.6. The molecule has 0 spiro atoms. The number of Topliss-reactive ketones (excluding diaryl/α,β-unsaturated/α-hetero) is 1. The van der Waals surface area contributed by atoms with Gasteiger partial charge in [-0.1, -0.05) is 50.0 Å². The van der Waals surface area contributed by atoms with E-state index in [1.54, 1.807) is 0 Å². The number of aliphatic hydroxyl groups excluding tert-OH is 1. The zero-order chi connectivity index (χ0) is 23.6. The number of nitrogens with zero attached hydrogens (tertiary/aromatic N) is 1. The van der Waals surface area contributed by atoms with Crippen molar-refractivity contribution < 1.29 is 29.4 Å². The molecule has 180 valence electrons. The minimum Gasteiger partial charge on any atom is -0.481 e. The van der Waals surface area contributed by atoms with Crippen molar-refractivity contribution in [2.45, 2.75) is 89.1 Å². The van der Waals surface area contributed by atoms with Gasteiger partial charge < -0.3 is 19.8 Å². The number of ketones is 1. The van der Waals surface area contributed by atoms with E-state index in [-0.39, 0.29) is 25.4 Å². The van der Waals surface area contributed by atoms with Crippen LogP contribution >= 0.6 is 0 Å². The molecule has 1 atom stereocenters. The maximum absolute atomic E-state index is 12.5. The van der Waals surface area contributed by atoms with E-state index in [4.69, 9.17) is 10.2 Å². The van der Waals surface area contributed by atoms with Crippen LogP contribution in [0.1, 0.15) is 83.5 Å². The first-order valence-electron chi connectivity index (χ1n) is 11.8. The van der Waals surface area contributed by atoms with Crippen molar-refractivity contribution in [3.8, 4) is 0 Å². The zero-order valence-electron chi connectivity index (χ0n) is 20.0. The van der Waals surface area contributed by atoms with Crippen molar-refractivity contribution in [3.05, 3.63) is 24.3 Å².